The summed E-state index contributed by atoms with van der Waals surface area (Å²) in [5, 5.41) is 3.52. The smallest absolute Gasteiger partial charge is 0.129 e. The van der Waals surface area contributed by atoms with Crippen molar-refractivity contribution in [3.8, 4) is 0 Å². The maximum Gasteiger partial charge on any atom is 0.129 e. The van der Waals surface area contributed by atoms with Crippen LogP contribution in [-0.2, 0) is 0 Å². The highest BCUT2D eigenvalue weighted by atomic mass is 15.2. The van der Waals surface area contributed by atoms with Gasteiger partial charge in [0, 0.05) is 18.8 Å². The lowest BCUT2D eigenvalue weighted by atomic mass is 9.84. The Morgan fingerprint density at radius 2 is 2.20 bits per heavy atom. The average molecular weight is 204 g/mol. The van der Waals surface area contributed by atoms with Gasteiger partial charge in [-0.1, -0.05) is 0 Å². The van der Waals surface area contributed by atoms with E-state index in [9.17, 15) is 0 Å². The number of hydrogen-bond donors (Lipinski definition) is 1. The predicted octanol–water partition coefficient (Wildman–Crippen LogP) is 0.983. The van der Waals surface area contributed by atoms with Gasteiger partial charge < -0.3 is 10.2 Å². The van der Waals surface area contributed by atoms with Crippen LogP contribution >= 0.6 is 0 Å². The Bertz CT molecular complexity index is 319. The normalized spacial score (nSPS) is 34.0. The molecule has 0 amide bonds. The van der Waals surface area contributed by atoms with Gasteiger partial charge >= 0.3 is 0 Å². The van der Waals surface area contributed by atoms with E-state index in [0.717, 1.165) is 11.7 Å². The molecule has 4 rings (SSSR count). The number of hydrogen-bond acceptors (Lipinski definition) is 4. The number of piperidine rings is 3. The molecule has 1 aromatic rings. The van der Waals surface area contributed by atoms with Gasteiger partial charge in [-0.2, -0.15) is 0 Å². The van der Waals surface area contributed by atoms with E-state index in [2.05, 4.69) is 20.2 Å². The van der Waals surface area contributed by atoms with Crippen LogP contribution in [0.1, 0.15) is 12.8 Å². The van der Waals surface area contributed by atoms with Crippen LogP contribution in [0.25, 0.3) is 0 Å². The Balaban J connectivity index is 1.69. The zero-order valence-corrected chi connectivity index (χ0v) is 8.76. The van der Waals surface area contributed by atoms with Gasteiger partial charge in [0.1, 0.15) is 12.1 Å². The van der Waals surface area contributed by atoms with Crippen molar-refractivity contribution in [1.82, 2.24) is 14.9 Å². The molecule has 1 N–H and O–H groups in total. The molecule has 2 bridgehead atoms. The minimum absolute atomic E-state index is 0.586. The molecule has 4 nitrogen and oxygen atoms in total. The molecular formula is C11H16N4. The highest BCUT2D eigenvalue weighted by Crippen LogP contribution is 2.29. The van der Waals surface area contributed by atoms with E-state index in [1.807, 2.05) is 6.07 Å². The van der Waals surface area contributed by atoms with Gasteiger partial charge in [0.25, 0.3) is 0 Å². The first-order valence-electron chi connectivity index (χ1n) is 5.67. The molecule has 3 saturated heterocycles. The van der Waals surface area contributed by atoms with Crippen molar-refractivity contribution in [2.75, 3.05) is 25.0 Å². The molecule has 1 aromatic heterocycles. The highest BCUT2D eigenvalue weighted by molar-refractivity contribution is 5.33. The second-order valence-electron chi connectivity index (χ2n) is 4.48. The molecule has 15 heavy (non-hydrogen) atoms. The summed E-state index contributed by atoms with van der Waals surface area (Å²) in [7, 11) is 0. The van der Waals surface area contributed by atoms with Crippen LogP contribution in [0, 0.1) is 5.92 Å². The summed E-state index contributed by atoms with van der Waals surface area (Å²) in [6.45, 7) is 3.74. The number of aromatic nitrogens is 2. The molecule has 1 atom stereocenters. The fraction of sp³-hybridized carbons (Fsp3) is 0.636. The third kappa shape index (κ3) is 1.81. The fourth-order valence-corrected chi connectivity index (χ4v) is 2.69. The first kappa shape index (κ1) is 9.09. The molecule has 3 aliphatic rings. The molecule has 4 heterocycles. The molecule has 3 fully saturated rings. The van der Waals surface area contributed by atoms with Crippen LogP contribution in [0.5, 0.6) is 0 Å². The van der Waals surface area contributed by atoms with E-state index in [-0.39, 0.29) is 0 Å². The van der Waals surface area contributed by atoms with Gasteiger partial charge in [-0.15, -0.1) is 0 Å². The summed E-state index contributed by atoms with van der Waals surface area (Å²) in [5.74, 6) is 1.80. The summed E-state index contributed by atoms with van der Waals surface area (Å²) in [6.07, 6.45) is 6.06. The average Bonchev–Trinajstić information content (AvgIpc) is 2.32. The summed E-state index contributed by atoms with van der Waals surface area (Å²) in [6, 6.07) is 2.53. The van der Waals surface area contributed by atoms with E-state index in [0.29, 0.717) is 6.04 Å². The van der Waals surface area contributed by atoms with Gasteiger partial charge in [-0.3, -0.25) is 0 Å². The maximum absolute atomic E-state index is 4.22. The Kier molecular flexibility index (Phi) is 2.29. The molecule has 3 aliphatic heterocycles. The zero-order valence-electron chi connectivity index (χ0n) is 8.76. The molecule has 0 aromatic carbocycles. The van der Waals surface area contributed by atoms with Crippen molar-refractivity contribution >= 4 is 5.82 Å². The van der Waals surface area contributed by atoms with Crippen LogP contribution in [0.4, 0.5) is 5.82 Å². The number of rotatable bonds is 2. The van der Waals surface area contributed by atoms with Crippen molar-refractivity contribution in [1.29, 1.82) is 0 Å². The molecule has 0 spiro atoms. The Morgan fingerprint density at radius 1 is 1.33 bits per heavy atom. The van der Waals surface area contributed by atoms with Gasteiger partial charge in [0.05, 0.1) is 0 Å². The predicted molar refractivity (Wildman–Crippen MR) is 58.6 cm³/mol. The standard InChI is InChI=1S/C11H16N4/c1-4-12-8-13-11(1)14-10-7-15-5-2-9(10)3-6-15/h1,4,8-10H,2-3,5-7H2,(H,12,13,14). The van der Waals surface area contributed by atoms with Crippen molar-refractivity contribution in [3.05, 3.63) is 18.6 Å². The van der Waals surface area contributed by atoms with Crippen LogP contribution < -0.4 is 5.32 Å². The molecule has 80 valence electrons. The summed E-state index contributed by atoms with van der Waals surface area (Å²) in [5.41, 5.74) is 0. The van der Waals surface area contributed by atoms with E-state index in [1.165, 1.54) is 32.5 Å². The van der Waals surface area contributed by atoms with Gasteiger partial charge in [0.2, 0.25) is 0 Å². The second kappa shape index (κ2) is 3.77. The second-order valence-corrected chi connectivity index (χ2v) is 4.48. The Morgan fingerprint density at radius 3 is 2.80 bits per heavy atom. The zero-order chi connectivity index (χ0) is 10.1. The Hall–Kier alpha value is -1.16. The van der Waals surface area contributed by atoms with Crippen molar-refractivity contribution in [3.63, 3.8) is 0 Å². The molecule has 0 aliphatic carbocycles. The van der Waals surface area contributed by atoms with Gasteiger partial charge in [-0.25, -0.2) is 9.97 Å². The number of anilines is 1. The van der Waals surface area contributed by atoms with Crippen molar-refractivity contribution in [2.24, 2.45) is 5.92 Å². The molecule has 0 radical (unpaired) electrons. The first-order chi connectivity index (χ1) is 7.42. The van der Waals surface area contributed by atoms with Gasteiger partial charge in [0.15, 0.2) is 0 Å². The third-order valence-corrected chi connectivity index (χ3v) is 3.57. The SMILES string of the molecule is c1cc(NC2CN3CCC2CC3)ncn1. The maximum atomic E-state index is 4.22. The lowest BCUT2D eigenvalue weighted by Gasteiger charge is -2.45. The minimum Gasteiger partial charge on any atom is -0.366 e. The van der Waals surface area contributed by atoms with Crippen molar-refractivity contribution in [2.45, 2.75) is 18.9 Å². The van der Waals surface area contributed by atoms with E-state index >= 15 is 0 Å². The third-order valence-electron chi connectivity index (χ3n) is 3.57. The topological polar surface area (TPSA) is 41.0 Å². The Labute approximate surface area is 89.7 Å². The van der Waals surface area contributed by atoms with Crippen LogP contribution in [0.3, 0.4) is 0 Å². The largest absolute Gasteiger partial charge is 0.366 e. The van der Waals surface area contributed by atoms with Crippen LogP contribution in [0.2, 0.25) is 0 Å². The number of fused-ring (bicyclic) bond motifs is 3. The summed E-state index contributed by atoms with van der Waals surface area (Å²) >= 11 is 0. The lowest BCUT2D eigenvalue weighted by molar-refractivity contribution is 0.0974. The molecular weight excluding hydrogens is 188 g/mol. The number of nitrogens with one attached hydrogen (secondary N) is 1. The monoisotopic (exact) mass is 204 g/mol. The van der Waals surface area contributed by atoms with Crippen LogP contribution in [-0.4, -0.2) is 40.5 Å². The molecule has 0 saturated carbocycles. The number of nitrogens with zero attached hydrogens (tertiary/aromatic N) is 3. The quantitative estimate of drug-likeness (QED) is 0.779. The van der Waals surface area contributed by atoms with E-state index < -0.39 is 0 Å². The summed E-state index contributed by atoms with van der Waals surface area (Å²) < 4.78 is 0. The first-order valence-corrected chi connectivity index (χ1v) is 5.67. The minimum atomic E-state index is 0.586. The lowest BCUT2D eigenvalue weighted by Crippen LogP contribution is -2.53. The highest BCUT2D eigenvalue weighted by Gasteiger charge is 2.33. The van der Waals surface area contributed by atoms with Crippen molar-refractivity contribution < 1.29 is 0 Å². The van der Waals surface area contributed by atoms with E-state index in [4.69, 9.17) is 0 Å². The van der Waals surface area contributed by atoms with E-state index in [1.54, 1.807) is 12.5 Å². The molecule has 4 heteroatoms. The molecule has 1 unspecified atom stereocenters. The summed E-state index contributed by atoms with van der Waals surface area (Å²) in [4.78, 5) is 10.7. The van der Waals surface area contributed by atoms with Gasteiger partial charge in [-0.05, 0) is 37.9 Å². The fourth-order valence-electron chi connectivity index (χ4n) is 2.69. The van der Waals surface area contributed by atoms with Crippen LogP contribution in [0.15, 0.2) is 18.6 Å².